The summed E-state index contributed by atoms with van der Waals surface area (Å²) < 4.78 is 77.8. The Kier molecular flexibility index (Phi) is 3.57. The fraction of sp³-hybridized carbons (Fsp3) is 0.400. The third kappa shape index (κ3) is 2.42. The minimum atomic E-state index is -5.77. The second-order valence-electron chi connectivity index (χ2n) is 4.14. The average molecular weight is 352 g/mol. The van der Waals surface area contributed by atoms with E-state index in [2.05, 4.69) is 9.98 Å². The first kappa shape index (κ1) is 16.2. The lowest BCUT2D eigenvalue weighted by Gasteiger charge is -2.38. The van der Waals surface area contributed by atoms with Gasteiger partial charge in [0.2, 0.25) is 0 Å². The summed E-state index contributed by atoms with van der Waals surface area (Å²) in [5.74, 6) is -1.30. The molecule has 0 aromatic heterocycles. The highest BCUT2D eigenvalue weighted by atomic mass is 35.5. The van der Waals surface area contributed by atoms with Crippen LogP contribution in [-0.2, 0) is 0 Å². The van der Waals surface area contributed by atoms with Crippen LogP contribution < -0.4 is 0 Å². The van der Waals surface area contributed by atoms with Crippen molar-refractivity contribution in [2.24, 2.45) is 9.98 Å². The van der Waals surface area contributed by atoms with Crippen molar-refractivity contribution in [3.05, 3.63) is 22.3 Å². The predicted octanol–water partition coefficient (Wildman–Crippen LogP) is 4.16. The van der Waals surface area contributed by atoms with Crippen LogP contribution in [0.3, 0.4) is 0 Å². The number of rotatable bonds is 0. The molecule has 0 bridgehead atoms. The molecule has 2 aliphatic heterocycles. The zero-order chi connectivity index (χ0) is 16.2. The number of allylic oxidation sites excluding steroid dienone is 2. The van der Waals surface area contributed by atoms with Gasteiger partial charge in [-0.2, -0.15) is 26.3 Å². The van der Waals surface area contributed by atoms with Gasteiger partial charge in [0.1, 0.15) is 5.84 Å². The van der Waals surface area contributed by atoms with E-state index in [-0.39, 0.29) is 5.03 Å². The Morgan fingerprint density at radius 2 is 1.57 bits per heavy atom. The maximum absolute atomic E-state index is 13.0. The van der Waals surface area contributed by atoms with E-state index in [0.717, 1.165) is 24.1 Å². The van der Waals surface area contributed by atoms with Gasteiger partial charge in [0.15, 0.2) is 5.84 Å². The quantitative estimate of drug-likeness (QED) is 0.602. The number of halogens is 8. The van der Waals surface area contributed by atoms with Crippen molar-refractivity contribution in [3.63, 3.8) is 0 Å². The standard InChI is InChI=1S/C10H5Cl2F6N3/c1-4-19-8(9(13,14)15,10(16,17)18)20-7-6(12)2-5(11)3-21(4)7/h2-3H,1H3. The Hall–Kier alpha value is -1.22. The van der Waals surface area contributed by atoms with Crippen LogP contribution in [-0.4, -0.2) is 34.6 Å². The first-order valence-corrected chi connectivity index (χ1v) is 5.98. The summed E-state index contributed by atoms with van der Waals surface area (Å²) in [6.45, 7) is 0.969. The van der Waals surface area contributed by atoms with Crippen molar-refractivity contribution in [1.82, 2.24) is 4.90 Å². The number of fused-ring (bicyclic) bond motifs is 1. The number of amidine groups is 2. The van der Waals surface area contributed by atoms with Crippen molar-refractivity contribution in [3.8, 4) is 0 Å². The van der Waals surface area contributed by atoms with E-state index in [1.807, 2.05) is 0 Å². The lowest BCUT2D eigenvalue weighted by atomic mass is 10.1. The summed E-state index contributed by atoms with van der Waals surface area (Å²) in [6.07, 6.45) is -9.47. The molecule has 0 atom stereocenters. The molecular formula is C10H5Cl2F6N3. The molecular weight excluding hydrogens is 347 g/mol. The molecule has 0 saturated heterocycles. The normalized spacial score (nSPS) is 22.0. The second kappa shape index (κ2) is 4.64. The van der Waals surface area contributed by atoms with Gasteiger partial charge in [-0.25, -0.2) is 9.98 Å². The molecule has 2 aliphatic rings. The van der Waals surface area contributed by atoms with Gasteiger partial charge in [0.05, 0.1) is 10.1 Å². The number of alkyl halides is 6. The summed E-state index contributed by atoms with van der Waals surface area (Å²) in [4.78, 5) is 6.33. The first-order chi connectivity index (χ1) is 9.39. The van der Waals surface area contributed by atoms with Gasteiger partial charge in [0.25, 0.3) is 0 Å². The van der Waals surface area contributed by atoms with Gasteiger partial charge < -0.3 is 0 Å². The number of hydrogen-bond donors (Lipinski definition) is 0. The summed E-state index contributed by atoms with van der Waals surface area (Å²) in [7, 11) is 0. The lowest BCUT2D eigenvalue weighted by Crippen LogP contribution is -2.58. The SMILES string of the molecule is CC1=NC(C(F)(F)F)(C(F)(F)F)N=C2C(Cl)=CC(Cl)=CN12. The van der Waals surface area contributed by atoms with E-state index in [1.165, 1.54) is 0 Å². The Bertz CT molecular complexity index is 585. The highest BCUT2D eigenvalue weighted by Gasteiger charge is 2.73. The molecule has 0 aromatic carbocycles. The topological polar surface area (TPSA) is 28.0 Å². The van der Waals surface area contributed by atoms with Crippen LogP contribution in [0.4, 0.5) is 26.3 Å². The van der Waals surface area contributed by atoms with Crippen LogP contribution >= 0.6 is 23.2 Å². The van der Waals surface area contributed by atoms with Crippen molar-refractivity contribution in [2.75, 3.05) is 0 Å². The zero-order valence-electron chi connectivity index (χ0n) is 10.0. The molecule has 0 N–H and O–H groups in total. The molecule has 0 saturated carbocycles. The first-order valence-electron chi connectivity index (χ1n) is 5.23. The minimum Gasteiger partial charge on any atom is -0.287 e. The maximum atomic E-state index is 13.0. The molecule has 3 nitrogen and oxygen atoms in total. The van der Waals surface area contributed by atoms with Gasteiger partial charge in [-0.1, -0.05) is 23.2 Å². The molecule has 0 aromatic rings. The van der Waals surface area contributed by atoms with Crippen LogP contribution in [0.1, 0.15) is 6.92 Å². The van der Waals surface area contributed by atoms with E-state index < -0.39 is 34.7 Å². The smallest absolute Gasteiger partial charge is 0.287 e. The van der Waals surface area contributed by atoms with Crippen LogP contribution in [0.15, 0.2) is 32.3 Å². The van der Waals surface area contributed by atoms with Crippen molar-refractivity contribution < 1.29 is 26.3 Å². The third-order valence-corrected chi connectivity index (χ3v) is 3.17. The highest BCUT2D eigenvalue weighted by Crippen LogP contribution is 2.49. The molecule has 0 amide bonds. The second-order valence-corrected chi connectivity index (χ2v) is 4.98. The minimum absolute atomic E-state index is 0.0139. The van der Waals surface area contributed by atoms with Crippen LogP contribution in [0.2, 0.25) is 0 Å². The van der Waals surface area contributed by atoms with Gasteiger partial charge in [0, 0.05) is 6.20 Å². The molecule has 11 heteroatoms. The number of nitrogens with zero attached hydrogens (tertiary/aromatic N) is 3. The molecule has 21 heavy (non-hydrogen) atoms. The molecule has 0 radical (unpaired) electrons. The molecule has 0 spiro atoms. The fourth-order valence-electron chi connectivity index (χ4n) is 1.76. The Morgan fingerprint density at radius 3 is 2.05 bits per heavy atom. The summed E-state index contributed by atoms with van der Waals surface area (Å²) in [5.41, 5.74) is -4.58. The fourth-order valence-corrected chi connectivity index (χ4v) is 2.27. The van der Waals surface area contributed by atoms with Crippen LogP contribution in [0, 0.1) is 0 Å². The van der Waals surface area contributed by atoms with Gasteiger partial charge in [-0.3, -0.25) is 4.90 Å². The van der Waals surface area contributed by atoms with Crippen LogP contribution in [0.25, 0.3) is 0 Å². The Balaban J connectivity index is 2.71. The van der Waals surface area contributed by atoms with Crippen molar-refractivity contribution in [1.29, 1.82) is 0 Å². The van der Waals surface area contributed by atoms with E-state index >= 15 is 0 Å². The average Bonchev–Trinajstić information content (AvgIpc) is 2.27. The van der Waals surface area contributed by atoms with Crippen molar-refractivity contribution >= 4 is 34.9 Å². The lowest BCUT2D eigenvalue weighted by molar-refractivity contribution is -0.292. The van der Waals surface area contributed by atoms with E-state index in [9.17, 15) is 26.3 Å². The molecule has 0 unspecified atom stereocenters. The van der Waals surface area contributed by atoms with Crippen LogP contribution in [0.5, 0.6) is 0 Å². The zero-order valence-corrected chi connectivity index (χ0v) is 11.5. The van der Waals surface area contributed by atoms with Gasteiger partial charge in [-0.05, 0) is 13.0 Å². The number of hydrogen-bond acceptors (Lipinski definition) is 3. The van der Waals surface area contributed by atoms with E-state index in [4.69, 9.17) is 23.2 Å². The maximum Gasteiger partial charge on any atom is 0.443 e. The molecule has 0 fully saturated rings. The highest BCUT2D eigenvalue weighted by molar-refractivity contribution is 6.46. The largest absolute Gasteiger partial charge is 0.443 e. The summed E-state index contributed by atoms with van der Waals surface area (Å²) >= 11 is 11.3. The molecule has 116 valence electrons. The van der Waals surface area contributed by atoms with Crippen molar-refractivity contribution in [2.45, 2.75) is 24.9 Å². The van der Waals surface area contributed by atoms with Gasteiger partial charge in [-0.15, -0.1) is 0 Å². The molecule has 2 rings (SSSR count). The third-order valence-electron chi connectivity index (χ3n) is 2.69. The predicted molar refractivity (Wildman–Crippen MR) is 65.1 cm³/mol. The Labute approximate surface area is 124 Å². The molecule has 0 aliphatic carbocycles. The summed E-state index contributed by atoms with van der Waals surface area (Å²) in [5, 5.41) is -0.436. The summed E-state index contributed by atoms with van der Waals surface area (Å²) in [6, 6.07) is 0. The van der Waals surface area contributed by atoms with Gasteiger partial charge >= 0.3 is 18.0 Å². The monoisotopic (exact) mass is 351 g/mol. The number of aliphatic imine (C=N–C) groups is 2. The molecule has 2 heterocycles. The van der Waals surface area contributed by atoms with E-state index in [1.54, 1.807) is 0 Å². The Morgan fingerprint density at radius 1 is 1.05 bits per heavy atom. The van der Waals surface area contributed by atoms with E-state index in [0.29, 0.717) is 0 Å².